The van der Waals surface area contributed by atoms with Crippen LogP contribution < -0.4 is 4.74 Å². The van der Waals surface area contributed by atoms with Gasteiger partial charge in [-0.05, 0) is 39.0 Å². The predicted molar refractivity (Wildman–Crippen MR) is 86.0 cm³/mol. The van der Waals surface area contributed by atoms with Crippen molar-refractivity contribution in [1.29, 1.82) is 0 Å². The first kappa shape index (κ1) is 15.7. The highest BCUT2D eigenvalue weighted by molar-refractivity contribution is 7.71. The van der Waals surface area contributed by atoms with Crippen molar-refractivity contribution in [3.8, 4) is 17.0 Å². The van der Waals surface area contributed by atoms with Gasteiger partial charge in [0.05, 0.1) is 11.8 Å². The number of para-hydroxylation sites is 1. The molecule has 2 rings (SSSR count). The molecule has 1 N–H and O–H groups in total. The summed E-state index contributed by atoms with van der Waals surface area (Å²) in [7, 11) is 0. The van der Waals surface area contributed by atoms with Crippen molar-refractivity contribution >= 4 is 12.2 Å². The van der Waals surface area contributed by atoms with Crippen molar-refractivity contribution in [3.63, 3.8) is 0 Å². The molecule has 0 atom stereocenters. The molecule has 0 aliphatic carbocycles. The zero-order valence-electron chi connectivity index (χ0n) is 12.6. The normalized spacial score (nSPS) is 10.9. The van der Waals surface area contributed by atoms with Crippen LogP contribution in [0, 0.1) is 4.64 Å². The minimum atomic E-state index is 0.110. The molecule has 5 heteroatoms. The summed E-state index contributed by atoms with van der Waals surface area (Å²) in [5.41, 5.74) is 1.86. The number of aromatic nitrogens is 2. The summed E-state index contributed by atoms with van der Waals surface area (Å²) < 4.78 is 11.8. The lowest BCUT2D eigenvalue weighted by atomic mass is 10.1. The van der Waals surface area contributed by atoms with Gasteiger partial charge in [-0.3, -0.25) is 0 Å². The van der Waals surface area contributed by atoms with Crippen molar-refractivity contribution in [1.82, 2.24) is 9.97 Å². The Labute approximate surface area is 130 Å². The molecule has 21 heavy (non-hydrogen) atoms. The zero-order chi connectivity index (χ0) is 15.2. The number of hydrogen-bond donors (Lipinski definition) is 1. The zero-order valence-corrected chi connectivity index (χ0v) is 13.4. The summed E-state index contributed by atoms with van der Waals surface area (Å²) in [6.45, 7) is 7.02. The molecule has 0 fully saturated rings. The van der Waals surface area contributed by atoms with Crippen LogP contribution in [0.5, 0.6) is 5.75 Å². The van der Waals surface area contributed by atoms with Crippen LogP contribution in [0.15, 0.2) is 30.3 Å². The molecule has 0 bridgehead atoms. The number of nitrogens with one attached hydrogen (secondary N) is 1. The maximum absolute atomic E-state index is 5.85. The predicted octanol–water partition coefficient (Wildman–Crippen LogP) is 4.13. The van der Waals surface area contributed by atoms with E-state index in [1.165, 1.54) is 0 Å². The highest BCUT2D eigenvalue weighted by atomic mass is 32.1. The number of ether oxygens (including phenoxy) is 2. The lowest BCUT2D eigenvalue weighted by molar-refractivity contribution is 0.128. The maximum Gasteiger partial charge on any atom is 0.134 e. The van der Waals surface area contributed by atoms with E-state index in [2.05, 4.69) is 9.97 Å². The quantitative estimate of drug-likeness (QED) is 0.815. The molecule has 1 aromatic carbocycles. The van der Waals surface area contributed by atoms with E-state index in [0.29, 0.717) is 17.9 Å². The van der Waals surface area contributed by atoms with Gasteiger partial charge in [-0.25, -0.2) is 4.98 Å². The first-order valence-electron chi connectivity index (χ1n) is 7.04. The summed E-state index contributed by atoms with van der Waals surface area (Å²) in [6.07, 6.45) is 0.110. The SMILES string of the molecule is CCOCc1nc(=S)cc(-c2ccccc2OC(C)C)[nH]1. The van der Waals surface area contributed by atoms with Gasteiger partial charge in [-0.2, -0.15) is 0 Å². The molecule has 4 nitrogen and oxygen atoms in total. The molecule has 0 saturated heterocycles. The molecule has 0 unspecified atom stereocenters. The fraction of sp³-hybridized carbons (Fsp3) is 0.375. The first-order valence-corrected chi connectivity index (χ1v) is 7.45. The highest BCUT2D eigenvalue weighted by Crippen LogP contribution is 2.29. The molecule has 1 heterocycles. The number of benzene rings is 1. The fourth-order valence-corrected chi connectivity index (χ4v) is 2.19. The van der Waals surface area contributed by atoms with E-state index in [0.717, 1.165) is 22.8 Å². The van der Waals surface area contributed by atoms with Crippen LogP contribution in [-0.2, 0) is 11.3 Å². The smallest absolute Gasteiger partial charge is 0.134 e. The van der Waals surface area contributed by atoms with E-state index < -0.39 is 0 Å². The van der Waals surface area contributed by atoms with Crippen molar-refractivity contribution in [2.75, 3.05) is 6.61 Å². The molecule has 0 spiro atoms. The van der Waals surface area contributed by atoms with Crippen LogP contribution in [-0.4, -0.2) is 22.7 Å². The number of hydrogen-bond acceptors (Lipinski definition) is 4. The lowest BCUT2D eigenvalue weighted by Crippen LogP contribution is -2.07. The topological polar surface area (TPSA) is 47.1 Å². The fourth-order valence-electron chi connectivity index (χ4n) is 1.97. The van der Waals surface area contributed by atoms with Crippen molar-refractivity contribution < 1.29 is 9.47 Å². The van der Waals surface area contributed by atoms with Gasteiger partial charge in [0.25, 0.3) is 0 Å². The monoisotopic (exact) mass is 304 g/mol. The lowest BCUT2D eigenvalue weighted by Gasteiger charge is -2.14. The average molecular weight is 304 g/mol. The number of H-pyrrole nitrogens is 1. The minimum absolute atomic E-state index is 0.110. The summed E-state index contributed by atoms with van der Waals surface area (Å²) in [5.74, 6) is 1.55. The van der Waals surface area contributed by atoms with E-state index in [1.807, 2.05) is 51.1 Å². The largest absolute Gasteiger partial charge is 0.490 e. The Morgan fingerprint density at radius 2 is 2.05 bits per heavy atom. The summed E-state index contributed by atoms with van der Waals surface area (Å²) >= 11 is 5.24. The third kappa shape index (κ3) is 4.37. The van der Waals surface area contributed by atoms with Crippen LogP contribution in [0.25, 0.3) is 11.3 Å². The average Bonchev–Trinajstić information content (AvgIpc) is 2.44. The van der Waals surface area contributed by atoms with Gasteiger partial charge < -0.3 is 14.5 Å². The Morgan fingerprint density at radius 3 is 2.76 bits per heavy atom. The first-order chi connectivity index (χ1) is 10.1. The molecule has 0 radical (unpaired) electrons. The Bertz CT molecular complexity index is 653. The molecule has 0 aliphatic heterocycles. The third-order valence-corrected chi connectivity index (χ3v) is 2.98. The van der Waals surface area contributed by atoms with Gasteiger partial charge >= 0.3 is 0 Å². The molecule has 0 saturated carbocycles. The van der Waals surface area contributed by atoms with Gasteiger partial charge in [0.2, 0.25) is 0 Å². The Hall–Kier alpha value is -1.72. The van der Waals surface area contributed by atoms with Gasteiger partial charge in [0, 0.05) is 12.2 Å². The number of aromatic amines is 1. The molecular formula is C16H20N2O2S. The van der Waals surface area contributed by atoms with Gasteiger partial charge in [0.15, 0.2) is 0 Å². The van der Waals surface area contributed by atoms with Gasteiger partial charge in [-0.1, -0.05) is 24.4 Å². The second-order valence-electron chi connectivity index (χ2n) is 4.88. The standard InChI is InChI=1S/C16H20N2O2S/c1-4-19-10-15-17-13(9-16(21)18-15)12-7-5-6-8-14(12)20-11(2)3/h5-9,11H,4,10H2,1-3H3,(H,17,18,21). The van der Waals surface area contributed by atoms with Crippen LogP contribution in [0.2, 0.25) is 0 Å². The van der Waals surface area contributed by atoms with Crippen LogP contribution >= 0.6 is 12.2 Å². The van der Waals surface area contributed by atoms with Crippen LogP contribution in [0.4, 0.5) is 0 Å². The molecule has 1 aromatic heterocycles. The highest BCUT2D eigenvalue weighted by Gasteiger charge is 2.09. The van der Waals surface area contributed by atoms with Gasteiger partial charge in [0.1, 0.15) is 22.8 Å². The molecule has 2 aromatic rings. The molecule has 0 aliphatic rings. The molecule has 112 valence electrons. The molecular weight excluding hydrogens is 284 g/mol. The van der Waals surface area contributed by atoms with E-state index >= 15 is 0 Å². The third-order valence-electron chi connectivity index (χ3n) is 2.77. The van der Waals surface area contributed by atoms with Crippen molar-refractivity contribution in [2.24, 2.45) is 0 Å². The second-order valence-corrected chi connectivity index (χ2v) is 5.30. The van der Waals surface area contributed by atoms with Crippen LogP contribution in [0.3, 0.4) is 0 Å². The summed E-state index contributed by atoms with van der Waals surface area (Å²) in [5, 5.41) is 0. The van der Waals surface area contributed by atoms with Crippen molar-refractivity contribution in [2.45, 2.75) is 33.5 Å². The van der Waals surface area contributed by atoms with Gasteiger partial charge in [-0.15, -0.1) is 0 Å². The van der Waals surface area contributed by atoms with E-state index in [1.54, 1.807) is 0 Å². The van der Waals surface area contributed by atoms with E-state index in [4.69, 9.17) is 21.7 Å². The number of rotatable bonds is 6. The van der Waals surface area contributed by atoms with E-state index in [9.17, 15) is 0 Å². The summed E-state index contributed by atoms with van der Waals surface area (Å²) in [4.78, 5) is 7.55. The van der Waals surface area contributed by atoms with Crippen molar-refractivity contribution in [3.05, 3.63) is 40.8 Å². The van der Waals surface area contributed by atoms with Crippen LogP contribution in [0.1, 0.15) is 26.6 Å². The Kier molecular flexibility index (Phi) is 5.47. The summed E-state index contributed by atoms with van der Waals surface area (Å²) in [6, 6.07) is 9.73. The second kappa shape index (κ2) is 7.33. The minimum Gasteiger partial charge on any atom is -0.490 e. The number of nitrogens with zero attached hydrogens (tertiary/aromatic N) is 1. The molecule has 0 amide bonds. The van der Waals surface area contributed by atoms with E-state index in [-0.39, 0.29) is 6.10 Å². The maximum atomic E-state index is 5.85. The Balaban J connectivity index is 2.41. The Morgan fingerprint density at radius 1 is 1.29 bits per heavy atom.